The molecule has 0 fully saturated rings. The molecular formula is C12H25NO3. The van der Waals surface area contributed by atoms with E-state index in [0.717, 1.165) is 19.3 Å². The molecule has 4 heteroatoms. The van der Waals surface area contributed by atoms with Crippen LogP contribution in [-0.4, -0.2) is 38.8 Å². The zero-order chi connectivity index (χ0) is 12.2. The Morgan fingerprint density at radius 2 is 2.00 bits per heavy atom. The quantitative estimate of drug-likeness (QED) is 0.585. The summed E-state index contributed by atoms with van der Waals surface area (Å²) >= 11 is 0. The summed E-state index contributed by atoms with van der Waals surface area (Å²) in [5.41, 5.74) is 5.34. The Balaban J connectivity index is 3.55. The van der Waals surface area contributed by atoms with Gasteiger partial charge in [0.15, 0.2) is 0 Å². The van der Waals surface area contributed by atoms with Gasteiger partial charge in [-0.1, -0.05) is 0 Å². The predicted molar refractivity (Wildman–Crippen MR) is 64.4 cm³/mol. The average molecular weight is 231 g/mol. The van der Waals surface area contributed by atoms with Crippen LogP contribution in [0.2, 0.25) is 0 Å². The largest absolute Gasteiger partial charge is 0.382 e. The number of nitrogens with two attached hydrogens (primary N) is 1. The zero-order valence-corrected chi connectivity index (χ0v) is 10.5. The van der Waals surface area contributed by atoms with Crippen molar-refractivity contribution in [2.75, 3.05) is 26.9 Å². The van der Waals surface area contributed by atoms with Crippen LogP contribution in [0.4, 0.5) is 0 Å². The molecule has 0 heterocycles. The average Bonchev–Trinajstić information content (AvgIpc) is 2.27. The van der Waals surface area contributed by atoms with Crippen LogP contribution in [-0.2, 0) is 14.3 Å². The summed E-state index contributed by atoms with van der Waals surface area (Å²) in [6.07, 6.45) is 3.92. The van der Waals surface area contributed by atoms with Crippen LogP contribution in [0.15, 0.2) is 0 Å². The van der Waals surface area contributed by atoms with Crippen LogP contribution in [0, 0.1) is 0 Å². The molecule has 0 aliphatic rings. The molecule has 0 aliphatic heterocycles. The van der Waals surface area contributed by atoms with Crippen molar-refractivity contribution in [3.8, 4) is 0 Å². The molecule has 0 radical (unpaired) electrons. The Kier molecular flexibility index (Phi) is 10.7. The molecule has 4 nitrogen and oxygen atoms in total. The number of hydrogen-bond donors (Lipinski definition) is 1. The highest BCUT2D eigenvalue weighted by molar-refractivity contribution is 5.78. The summed E-state index contributed by atoms with van der Waals surface area (Å²) in [7, 11) is 1.67. The molecule has 0 saturated carbocycles. The van der Waals surface area contributed by atoms with Crippen molar-refractivity contribution in [2.24, 2.45) is 5.73 Å². The van der Waals surface area contributed by atoms with Crippen LogP contribution in [0.5, 0.6) is 0 Å². The standard InChI is InChI=1S/C12H25NO3/c1-3-16-12(10-15-2)8-4-6-11(14)7-5-9-13/h12H,3-10,13H2,1-2H3. The van der Waals surface area contributed by atoms with Gasteiger partial charge in [-0.3, -0.25) is 4.79 Å². The fraction of sp³-hybridized carbons (Fsp3) is 0.917. The lowest BCUT2D eigenvalue weighted by Crippen LogP contribution is -2.19. The van der Waals surface area contributed by atoms with Crippen LogP contribution in [0.25, 0.3) is 0 Å². The first-order chi connectivity index (χ1) is 7.74. The molecule has 1 unspecified atom stereocenters. The highest BCUT2D eigenvalue weighted by Gasteiger charge is 2.09. The maximum Gasteiger partial charge on any atom is 0.132 e. The van der Waals surface area contributed by atoms with E-state index in [0.29, 0.717) is 38.4 Å². The van der Waals surface area contributed by atoms with Gasteiger partial charge >= 0.3 is 0 Å². The Morgan fingerprint density at radius 1 is 1.31 bits per heavy atom. The van der Waals surface area contributed by atoms with Crippen molar-refractivity contribution < 1.29 is 14.3 Å². The number of methoxy groups -OCH3 is 1. The predicted octanol–water partition coefficient (Wildman–Crippen LogP) is 1.52. The number of rotatable bonds is 11. The Morgan fingerprint density at radius 3 is 2.56 bits per heavy atom. The van der Waals surface area contributed by atoms with Crippen molar-refractivity contribution in [3.05, 3.63) is 0 Å². The number of carbonyl (C=O) groups excluding carboxylic acids is 1. The molecule has 0 saturated heterocycles. The summed E-state index contributed by atoms with van der Waals surface area (Å²) < 4.78 is 10.5. The van der Waals surface area contributed by atoms with E-state index < -0.39 is 0 Å². The van der Waals surface area contributed by atoms with Crippen molar-refractivity contribution >= 4 is 5.78 Å². The van der Waals surface area contributed by atoms with E-state index in [-0.39, 0.29) is 6.10 Å². The normalized spacial score (nSPS) is 12.7. The van der Waals surface area contributed by atoms with Crippen molar-refractivity contribution in [1.82, 2.24) is 0 Å². The SMILES string of the molecule is CCOC(CCCC(=O)CCCN)COC. The third kappa shape index (κ3) is 8.83. The third-order valence-corrected chi connectivity index (χ3v) is 2.40. The first-order valence-corrected chi connectivity index (χ1v) is 6.06. The number of ether oxygens (including phenoxy) is 2. The molecule has 0 aromatic heterocycles. The first-order valence-electron chi connectivity index (χ1n) is 6.06. The molecule has 1 atom stereocenters. The summed E-state index contributed by atoms with van der Waals surface area (Å²) in [6, 6.07) is 0. The zero-order valence-electron chi connectivity index (χ0n) is 10.5. The van der Waals surface area contributed by atoms with Gasteiger partial charge in [-0.2, -0.15) is 0 Å². The molecule has 0 aliphatic carbocycles. The number of carbonyl (C=O) groups is 1. The van der Waals surface area contributed by atoms with Gasteiger partial charge in [0.1, 0.15) is 5.78 Å². The second kappa shape index (κ2) is 11.0. The molecule has 0 spiro atoms. The fourth-order valence-corrected chi connectivity index (χ4v) is 1.59. The second-order valence-electron chi connectivity index (χ2n) is 3.86. The Hall–Kier alpha value is -0.450. The highest BCUT2D eigenvalue weighted by atomic mass is 16.5. The van der Waals surface area contributed by atoms with Gasteiger partial charge in [-0.25, -0.2) is 0 Å². The molecule has 2 N–H and O–H groups in total. The van der Waals surface area contributed by atoms with E-state index in [1.807, 2.05) is 6.92 Å². The lowest BCUT2D eigenvalue weighted by Gasteiger charge is -2.15. The van der Waals surface area contributed by atoms with Gasteiger partial charge in [-0.05, 0) is 32.7 Å². The van der Waals surface area contributed by atoms with Gasteiger partial charge in [0, 0.05) is 26.6 Å². The smallest absolute Gasteiger partial charge is 0.132 e. The van der Waals surface area contributed by atoms with E-state index in [1.54, 1.807) is 7.11 Å². The minimum Gasteiger partial charge on any atom is -0.382 e. The third-order valence-electron chi connectivity index (χ3n) is 2.40. The van der Waals surface area contributed by atoms with Gasteiger partial charge in [0.05, 0.1) is 12.7 Å². The van der Waals surface area contributed by atoms with E-state index in [2.05, 4.69) is 0 Å². The fourth-order valence-electron chi connectivity index (χ4n) is 1.59. The number of hydrogen-bond acceptors (Lipinski definition) is 4. The Labute approximate surface area is 98.5 Å². The Bertz CT molecular complexity index is 168. The van der Waals surface area contributed by atoms with Crippen LogP contribution >= 0.6 is 0 Å². The van der Waals surface area contributed by atoms with E-state index in [4.69, 9.17) is 15.2 Å². The molecule has 0 bridgehead atoms. The summed E-state index contributed by atoms with van der Waals surface area (Å²) in [6.45, 7) is 3.85. The highest BCUT2D eigenvalue weighted by Crippen LogP contribution is 2.07. The van der Waals surface area contributed by atoms with E-state index in [9.17, 15) is 4.79 Å². The minimum absolute atomic E-state index is 0.123. The van der Waals surface area contributed by atoms with Crippen molar-refractivity contribution in [3.63, 3.8) is 0 Å². The molecule has 0 aromatic rings. The molecule has 0 amide bonds. The number of ketones is 1. The second-order valence-corrected chi connectivity index (χ2v) is 3.86. The molecule has 96 valence electrons. The maximum atomic E-state index is 11.4. The number of Topliss-reactive ketones (excluding diaryl/α,β-unsaturated/α-hetero) is 1. The molecule has 0 aromatic carbocycles. The maximum absolute atomic E-state index is 11.4. The summed E-state index contributed by atoms with van der Waals surface area (Å²) in [5, 5.41) is 0. The van der Waals surface area contributed by atoms with Crippen molar-refractivity contribution in [2.45, 2.75) is 45.1 Å². The van der Waals surface area contributed by atoms with Gasteiger partial charge < -0.3 is 15.2 Å². The lowest BCUT2D eigenvalue weighted by atomic mass is 10.1. The lowest BCUT2D eigenvalue weighted by molar-refractivity contribution is -0.119. The minimum atomic E-state index is 0.123. The van der Waals surface area contributed by atoms with Crippen LogP contribution in [0.1, 0.15) is 39.0 Å². The van der Waals surface area contributed by atoms with Gasteiger partial charge in [0.2, 0.25) is 0 Å². The van der Waals surface area contributed by atoms with Crippen LogP contribution in [0.3, 0.4) is 0 Å². The van der Waals surface area contributed by atoms with Gasteiger partial charge in [-0.15, -0.1) is 0 Å². The molecular weight excluding hydrogens is 206 g/mol. The summed E-state index contributed by atoms with van der Waals surface area (Å²) in [5.74, 6) is 0.304. The molecule has 0 rings (SSSR count). The van der Waals surface area contributed by atoms with E-state index in [1.165, 1.54) is 0 Å². The first kappa shape index (κ1) is 15.6. The summed E-state index contributed by atoms with van der Waals surface area (Å²) in [4.78, 5) is 11.4. The topological polar surface area (TPSA) is 61.5 Å². The van der Waals surface area contributed by atoms with E-state index >= 15 is 0 Å². The molecule has 16 heavy (non-hydrogen) atoms. The van der Waals surface area contributed by atoms with Crippen LogP contribution < -0.4 is 5.73 Å². The van der Waals surface area contributed by atoms with Gasteiger partial charge in [0.25, 0.3) is 0 Å². The monoisotopic (exact) mass is 231 g/mol. The van der Waals surface area contributed by atoms with Crippen molar-refractivity contribution in [1.29, 1.82) is 0 Å².